The summed E-state index contributed by atoms with van der Waals surface area (Å²) in [6.45, 7) is 8.76. The molecule has 0 heterocycles. The third-order valence-electron chi connectivity index (χ3n) is 3.87. The zero-order chi connectivity index (χ0) is 18.2. The molecule has 0 spiro atoms. The Hall–Kier alpha value is -1.76. The summed E-state index contributed by atoms with van der Waals surface area (Å²) < 4.78 is 38.2. The second kappa shape index (κ2) is 9.52. The monoisotopic (exact) mass is 344 g/mol. The molecule has 0 bridgehead atoms. The van der Waals surface area contributed by atoms with Gasteiger partial charge in [0.15, 0.2) is 5.96 Å². The van der Waals surface area contributed by atoms with Crippen LogP contribution in [0.5, 0.6) is 0 Å². The number of guanidine groups is 1. The third kappa shape index (κ3) is 6.03. The first-order chi connectivity index (χ1) is 11.3. The smallest absolute Gasteiger partial charge is 0.370 e. The molecule has 7 heteroatoms. The Morgan fingerprint density at radius 1 is 1.17 bits per heavy atom. The second-order valence-electron chi connectivity index (χ2n) is 5.51. The molecule has 0 radical (unpaired) electrons. The van der Waals surface area contributed by atoms with Gasteiger partial charge in [-0.1, -0.05) is 32.9 Å². The summed E-state index contributed by atoms with van der Waals surface area (Å²) >= 11 is 0. The largest absolute Gasteiger partial charge is 0.416 e. The number of hydrogen-bond acceptors (Lipinski definition) is 2. The highest BCUT2D eigenvalue weighted by atomic mass is 19.4. The van der Waals surface area contributed by atoms with Crippen LogP contribution in [0, 0.1) is 0 Å². The van der Waals surface area contributed by atoms with Crippen molar-refractivity contribution < 1.29 is 13.2 Å². The Morgan fingerprint density at radius 3 is 2.21 bits per heavy atom. The fourth-order valence-corrected chi connectivity index (χ4v) is 2.48. The summed E-state index contributed by atoms with van der Waals surface area (Å²) in [6, 6.07) is 5.18. The maximum Gasteiger partial charge on any atom is 0.416 e. The van der Waals surface area contributed by atoms with Crippen molar-refractivity contribution in [2.45, 2.75) is 39.4 Å². The lowest BCUT2D eigenvalue weighted by atomic mass is 10.0. The molecule has 1 atom stereocenters. The molecule has 136 valence electrons. The van der Waals surface area contributed by atoms with Gasteiger partial charge in [-0.2, -0.15) is 13.2 Å². The van der Waals surface area contributed by atoms with Crippen molar-refractivity contribution >= 4 is 5.96 Å². The van der Waals surface area contributed by atoms with E-state index in [9.17, 15) is 13.2 Å². The lowest BCUT2D eigenvalue weighted by Gasteiger charge is -2.29. The lowest BCUT2D eigenvalue weighted by Crippen LogP contribution is -2.35. The number of nitrogens with two attached hydrogens (primary N) is 1. The van der Waals surface area contributed by atoms with Crippen LogP contribution >= 0.6 is 0 Å². The molecular weight excluding hydrogens is 317 g/mol. The van der Waals surface area contributed by atoms with Crippen LogP contribution in [0.15, 0.2) is 29.3 Å². The van der Waals surface area contributed by atoms with E-state index in [4.69, 9.17) is 5.73 Å². The zero-order valence-corrected chi connectivity index (χ0v) is 14.5. The van der Waals surface area contributed by atoms with Crippen molar-refractivity contribution in [3.05, 3.63) is 35.4 Å². The van der Waals surface area contributed by atoms with Crippen LogP contribution in [0.25, 0.3) is 0 Å². The maximum atomic E-state index is 12.7. The van der Waals surface area contributed by atoms with Gasteiger partial charge in [-0.05, 0) is 37.2 Å². The fraction of sp³-hybridized carbons (Fsp3) is 0.588. The molecule has 0 saturated heterocycles. The summed E-state index contributed by atoms with van der Waals surface area (Å²) in [7, 11) is 0. The number of aliphatic imine (C=N–C) groups is 1. The molecule has 1 rings (SSSR count). The number of rotatable bonds is 8. The highest BCUT2D eigenvalue weighted by Gasteiger charge is 2.30. The predicted molar refractivity (Wildman–Crippen MR) is 91.9 cm³/mol. The van der Waals surface area contributed by atoms with Crippen LogP contribution in [0.1, 0.15) is 44.4 Å². The topological polar surface area (TPSA) is 53.6 Å². The third-order valence-corrected chi connectivity index (χ3v) is 3.87. The normalized spacial score (nSPS) is 14.0. The highest BCUT2D eigenvalue weighted by Crippen LogP contribution is 2.30. The molecule has 0 amide bonds. The number of nitrogens with zero attached hydrogens (tertiary/aromatic N) is 2. The Bertz CT molecular complexity index is 508. The first-order valence-electron chi connectivity index (χ1n) is 8.28. The van der Waals surface area contributed by atoms with Gasteiger partial charge in [0.25, 0.3) is 0 Å². The first-order valence-corrected chi connectivity index (χ1v) is 8.28. The van der Waals surface area contributed by atoms with Crippen molar-refractivity contribution in [2.75, 3.05) is 26.2 Å². The Balaban J connectivity index is 2.97. The molecule has 3 N–H and O–H groups in total. The first kappa shape index (κ1) is 20.3. The second-order valence-corrected chi connectivity index (χ2v) is 5.51. The van der Waals surface area contributed by atoms with Gasteiger partial charge in [0.2, 0.25) is 0 Å². The number of likely N-dealkylation sites (N-methyl/N-ethyl adjacent to an activating group) is 1. The van der Waals surface area contributed by atoms with E-state index in [0.29, 0.717) is 12.5 Å². The van der Waals surface area contributed by atoms with Gasteiger partial charge in [-0.25, -0.2) is 0 Å². The molecule has 0 aliphatic rings. The summed E-state index contributed by atoms with van der Waals surface area (Å²) in [5, 5.41) is 3.00. The van der Waals surface area contributed by atoms with Crippen molar-refractivity contribution in [3.63, 3.8) is 0 Å². The molecule has 24 heavy (non-hydrogen) atoms. The van der Waals surface area contributed by atoms with Gasteiger partial charge in [0.1, 0.15) is 0 Å². The van der Waals surface area contributed by atoms with Crippen LogP contribution < -0.4 is 11.1 Å². The molecule has 0 aromatic heterocycles. The van der Waals surface area contributed by atoms with E-state index < -0.39 is 11.7 Å². The summed E-state index contributed by atoms with van der Waals surface area (Å²) in [5.41, 5.74) is 5.98. The number of halogens is 3. The molecular formula is C17H27F3N4. The Kier molecular flexibility index (Phi) is 8.04. The molecule has 0 fully saturated rings. The van der Waals surface area contributed by atoms with Crippen LogP contribution in [-0.4, -0.2) is 37.0 Å². The van der Waals surface area contributed by atoms with E-state index in [-0.39, 0.29) is 6.04 Å². The van der Waals surface area contributed by atoms with E-state index in [0.717, 1.165) is 43.8 Å². The molecule has 1 aromatic carbocycles. The Labute approximate surface area is 141 Å². The van der Waals surface area contributed by atoms with Gasteiger partial charge in [0, 0.05) is 6.54 Å². The lowest BCUT2D eigenvalue weighted by molar-refractivity contribution is -0.137. The fourth-order valence-electron chi connectivity index (χ4n) is 2.48. The number of alkyl halides is 3. The predicted octanol–water partition coefficient (Wildman–Crippen LogP) is 3.40. The van der Waals surface area contributed by atoms with Crippen molar-refractivity contribution in [1.29, 1.82) is 0 Å². The van der Waals surface area contributed by atoms with Crippen molar-refractivity contribution in [3.8, 4) is 0 Å². The maximum absolute atomic E-state index is 12.7. The average Bonchev–Trinajstić information content (AvgIpc) is 2.56. The quantitative estimate of drug-likeness (QED) is 0.561. The van der Waals surface area contributed by atoms with Crippen LogP contribution in [-0.2, 0) is 6.18 Å². The van der Waals surface area contributed by atoms with Gasteiger partial charge < -0.3 is 11.1 Å². The van der Waals surface area contributed by atoms with Crippen LogP contribution in [0.4, 0.5) is 13.2 Å². The average molecular weight is 344 g/mol. The van der Waals surface area contributed by atoms with Crippen LogP contribution in [0.2, 0.25) is 0 Å². The van der Waals surface area contributed by atoms with Gasteiger partial charge in [-0.3, -0.25) is 9.89 Å². The standard InChI is InChI=1S/C17H27F3N4/c1-4-11-22-16(21)23-12-15(24(5-2)6-3)13-7-9-14(10-8-13)17(18,19)20/h7-10,15H,4-6,11-12H2,1-3H3,(H3,21,22,23). The van der Waals surface area contributed by atoms with E-state index in [2.05, 4.69) is 15.2 Å². The van der Waals surface area contributed by atoms with Crippen molar-refractivity contribution in [2.24, 2.45) is 10.7 Å². The summed E-state index contributed by atoms with van der Waals surface area (Å²) in [4.78, 5) is 6.50. The van der Waals surface area contributed by atoms with E-state index in [1.807, 2.05) is 20.8 Å². The van der Waals surface area contributed by atoms with Gasteiger partial charge in [-0.15, -0.1) is 0 Å². The van der Waals surface area contributed by atoms with E-state index >= 15 is 0 Å². The van der Waals surface area contributed by atoms with E-state index in [1.54, 1.807) is 0 Å². The number of hydrogen-bond donors (Lipinski definition) is 2. The minimum Gasteiger partial charge on any atom is -0.370 e. The zero-order valence-electron chi connectivity index (χ0n) is 14.5. The summed E-state index contributed by atoms with van der Waals surface area (Å²) in [6.07, 6.45) is -3.38. The molecule has 0 aliphatic carbocycles. The van der Waals surface area contributed by atoms with Gasteiger partial charge in [0.05, 0.1) is 18.2 Å². The molecule has 1 unspecified atom stereocenters. The van der Waals surface area contributed by atoms with E-state index in [1.165, 1.54) is 12.1 Å². The minimum absolute atomic E-state index is 0.107. The van der Waals surface area contributed by atoms with Crippen LogP contribution in [0.3, 0.4) is 0 Å². The molecule has 0 aliphatic heterocycles. The highest BCUT2D eigenvalue weighted by molar-refractivity contribution is 5.77. The number of benzene rings is 1. The summed E-state index contributed by atoms with van der Waals surface area (Å²) in [5.74, 6) is 0.362. The number of nitrogens with one attached hydrogen (secondary N) is 1. The van der Waals surface area contributed by atoms with Gasteiger partial charge >= 0.3 is 6.18 Å². The molecule has 1 aromatic rings. The molecule has 4 nitrogen and oxygen atoms in total. The Morgan fingerprint density at radius 2 is 1.75 bits per heavy atom. The van der Waals surface area contributed by atoms with Crippen molar-refractivity contribution in [1.82, 2.24) is 10.2 Å². The minimum atomic E-state index is -4.32. The SMILES string of the molecule is CCCNC(N)=NCC(c1ccc(C(F)(F)F)cc1)N(CC)CC. The molecule has 0 saturated carbocycles.